The van der Waals surface area contributed by atoms with Crippen LogP contribution in [0, 0.1) is 0 Å². The molecule has 112 valence electrons. The summed E-state index contributed by atoms with van der Waals surface area (Å²) in [5.74, 6) is 1.06. The molecule has 0 aromatic rings. The highest BCUT2D eigenvalue weighted by atomic mass is 16.5. The molecule has 0 radical (unpaired) electrons. The van der Waals surface area contributed by atoms with Gasteiger partial charge in [-0.1, -0.05) is 37.5 Å². The van der Waals surface area contributed by atoms with Gasteiger partial charge in [0.1, 0.15) is 0 Å². The molecule has 0 saturated heterocycles. The summed E-state index contributed by atoms with van der Waals surface area (Å²) in [5, 5.41) is 0. The van der Waals surface area contributed by atoms with E-state index in [-0.39, 0.29) is 31.9 Å². The Morgan fingerprint density at radius 2 is 1.85 bits per heavy atom. The van der Waals surface area contributed by atoms with Crippen molar-refractivity contribution in [2.24, 2.45) is 0 Å². The molecule has 0 amide bonds. The molecular weight excluding hydrogens is 257 g/mol. The van der Waals surface area contributed by atoms with Crippen molar-refractivity contribution in [3.8, 4) is 0 Å². The van der Waals surface area contributed by atoms with Gasteiger partial charge in [-0.3, -0.25) is 14.5 Å². The number of esters is 1. The van der Waals surface area contributed by atoms with Crippen LogP contribution in [0.2, 0.25) is 6.82 Å². The maximum absolute atomic E-state index is 11.6. The molecule has 0 aliphatic heterocycles. The van der Waals surface area contributed by atoms with Gasteiger partial charge in [0, 0.05) is 0 Å². The van der Waals surface area contributed by atoms with Gasteiger partial charge in [0.2, 0.25) is 0 Å². The monoisotopic (exact) mass is 281 g/mol. The highest BCUT2D eigenvalue weighted by molar-refractivity contribution is 6.58. The van der Waals surface area contributed by atoms with Gasteiger partial charge in [0.15, 0.2) is 0 Å². The summed E-state index contributed by atoms with van der Waals surface area (Å²) < 4.78 is 9.71. The fraction of sp³-hybridized carbons (Fsp3) is 0.571. The minimum absolute atomic E-state index is 0.0545. The van der Waals surface area contributed by atoms with Crippen molar-refractivity contribution in [1.29, 1.82) is 0 Å². The topological polar surface area (TPSA) is 55.8 Å². The van der Waals surface area contributed by atoms with Crippen molar-refractivity contribution in [3.05, 3.63) is 24.2 Å². The van der Waals surface area contributed by atoms with Crippen LogP contribution in [0.15, 0.2) is 24.2 Å². The predicted molar refractivity (Wildman–Crippen MR) is 80.4 cm³/mol. The predicted octanol–water partition coefficient (Wildman–Crippen LogP) is 1.71. The summed E-state index contributed by atoms with van der Waals surface area (Å²) in [6, 6.07) is 0. The Balaban J connectivity index is 3.98. The van der Waals surface area contributed by atoms with Crippen LogP contribution in [0.3, 0.4) is 0 Å². The van der Waals surface area contributed by atoms with Crippen LogP contribution in [-0.2, 0) is 19.0 Å². The quantitative estimate of drug-likeness (QED) is 0.366. The molecule has 0 aromatic carbocycles. The molecule has 0 aliphatic rings. The number of rotatable bonds is 9. The molecule has 0 rings (SSSR count). The molecule has 0 saturated carbocycles. The van der Waals surface area contributed by atoms with Gasteiger partial charge >= 0.3 is 18.9 Å². The third kappa shape index (κ3) is 10.4. The zero-order valence-electron chi connectivity index (χ0n) is 12.8. The molecule has 0 bridgehead atoms. The lowest BCUT2D eigenvalue weighted by Gasteiger charge is -2.15. The smallest absolute Gasteiger partial charge is 0.384 e. The third-order valence-corrected chi connectivity index (χ3v) is 2.43. The van der Waals surface area contributed by atoms with Crippen molar-refractivity contribution in [2.75, 3.05) is 27.2 Å². The maximum Gasteiger partial charge on any atom is 0.384 e. The largest absolute Gasteiger partial charge is 0.531 e. The first-order valence-electron chi connectivity index (χ1n) is 6.77. The highest BCUT2D eigenvalue weighted by Gasteiger charge is 2.14. The number of carbonyl (C=O) groups excluding carboxylic acids is 2. The number of allylic oxidation sites excluding steroid dienone is 3. The van der Waals surface area contributed by atoms with E-state index in [1.807, 2.05) is 18.1 Å². The maximum atomic E-state index is 11.6. The van der Waals surface area contributed by atoms with E-state index in [1.165, 1.54) is 7.11 Å². The van der Waals surface area contributed by atoms with Crippen LogP contribution in [0.1, 0.15) is 19.8 Å². The van der Waals surface area contributed by atoms with Gasteiger partial charge in [-0.2, -0.15) is 0 Å². The van der Waals surface area contributed by atoms with E-state index < -0.39 is 0 Å². The molecule has 0 spiro atoms. The third-order valence-electron chi connectivity index (χ3n) is 2.43. The lowest BCUT2D eigenvalue weighted by molar-refractivity contribution is -0.142. The zero-order chi connectivity index (χ0) is 15.4. The number of nitrogens with zero attached hydrogens (tertiary/aromatic N) is 1. The van der Waals surface area contributed by atoms with Gasteiger partial charge in [-0.25, -0.2) is 0 Å². The Kier molecular flexibility index (Phi) is 10.4. The molecule has 0 aliphatic carbocycles. The fourth-order valence-corrected chi connectivity index (χ4v) is 1.41. The van der Waals surface area contributed by atoms with Gasteiger partial charge in [-0.15, -0.1) is 0 Å². The average Bonchev–Trinajstić information content (AvgIpc) is 2.37. The Hall–Kier alpha value is -1.56. The number of likely N-dealkylation sites (N-methyl/N-ethyl adjacent to an activating group) is 1. The summed E-state index contributed by atoms with van der Waals surface area (Å²) in [5.41, 5.74) is 0. The van der Waals surface area contributed by atoms with Crippen LogP contribution in [-0.4, -0.2) is 51.0 Å². The Morgan fingerprint density at radius 3 is 2.45 bits per heavy atom. The Bertz CT molecular complexity index is 355. The van der Waals surface area contributed by atoms with Crippen molar-refractivity contribution in [3.63, 3.8) is 0 Å². The van der Waals surface area contributed by atoms with E-state index in [4.69, 9.17) is 4.65 Å². The lowest BCUT2D eigenvalue weighted by atomic mass is 9.71. The molecule has 0 heterocycles. The summed E-state index contributed by atoms with van der Waals surface area (Å²) in [6.45, 7) is 3.74. The van der Waals surface area contributed by atoms with Gasteiger partial charge in [-0.05, 0) is 20.3 Å². The first kappa shape index (κ1) is 18.4. The van der Waals surface area contributed by atoms with E-state index in [1.54, 1.807) is 18.8 Å². The summed E-state index contributed by atoms with van der Waals surface area (Å²) in [6.07, 6.45) is 8.02. The van der Waals surface area contributed by atoms with E-state index in [2.05, 4.69) is 17.7 Å². The molecule has 20 heavy (non-hydrogen) atoms. The van der Waals surface area contributed by atoms with Crippen LogP contribution in [0.5, 0.6) is 0 Å². The normalized spacial score (nSPS) is 11.2. The van der Waals surface area contributed by atoms with Crippen molar-refractivity contribution < 1.29 is 19.0 Å². The molecule has 0 unspecified atom stereocenters. The molecule has 0 aromatic heterocycles. The second kappa shape index (κ2) is 11.3. The SMILES string of the molecule is CCC/C=C\C=C\B(C)OC(=O)CN(C)CC(=O)OC. The zero-order valence-corrected chi connectivity index (χ0v) is 12.8. The van der Waals surface area contributed by atoms with E-state index in [9.17, 15) is 9.59 Å². The van der Waals surface area contributed by atoms with Gasteiger partial charge in [0.05, 0.1) is 20.2 Å². The first-order chi connectivity index (χ1) is 9.49. The van der Waals surface area contributed by atoms with Crippen LogP contribution in [0.4, 0.5) is 0 Å². The van der Waals surface area contributed by atoms with Crippen molar-refractivity contribution in [2.45, 2.75) is 26.6 Å². The van der Waals surface area contributed by atoms with Crippen LogP contribution >= 0.6 is 0 Å². The van der Waals surface area contributed by atoms with Crippen molar-refractivity contribution >= 4 is 18.9 Å². The number of carbonyl (C=O) groups is 2. The molecule has 0 fully saturated rings. The van der Waals surface area contributed by atoms with E-state index >= 15 is 0 Å². The number of methoxy groups -OCH3 is 1. The summed E-state index contributed by atoms with van der Waals surface area (Å²) in [7, 11) is 2.97. The minimum Gasteiger partial charge on any atom is -0.531 e. The summed E-state index contributed by atoms with van der Waals surface area (Å²) >= 11 is 0. The molecule has 0 N–H and O–H groups in total. The Labute approximate surface area is 121 Å². The standard InChI is InChI=1S/C14H24BNO4/c1-5-6-7-8-9-10-15(2)20-14(18)12-16(3)11-13(17)19-4/h7-10H,5-6,11-12H2,1-4H3/b8-7-,10-9+. The van der Waals surface area contributed by atoms with Gasteiger partial charge < -0.3 is 9.39 Å². The van der Waals surface area contributed by atoms with Gasteiger partial charge in [0.25, 0.3) is 0 Å². The first-order valence-corrected chi connectivity index (χ1v) is 6.77. The fourth-order valence-electron chi connectivity index (χ4n) is 1.41. The van der Waals surface area contributed by atoms with E-state index in [0.29, 0.717) is 0 Å². The number of unbranched alkanes of at least 4 members (excludes halogenated alkanes) is 1. The number of ether oxygens (including phenoxy) is 1. The lowest BCUT2D eigenvalue weighted by Crippen LogP contribution is -2.34. The number of hydrogen-bond donors (Lipinski definition) is 0. The van der Waals surface area contributed by atoms with Crippen LogP contribution < -0.4 is 0 Å². The van der Waals surface area contributed by atoms with Crippen molar-refractivity contribution in [1.82, 2.24) is 4.90 Å². The second-order valence-corrected chi connectivity index (χ2v) is 4.55. The molecular formula is C14H24BNO4. The molecule has 5 nitrogen and oxygen atoms in total. The minimum atomic E-state index is -0.380. The average molecular weight is 281 g/mol. The Morgan fingerprint density at radius 1 is 1.20 bits per heavy atom. The highest BCUT2D eigenvalue weighted by Crippen LogP contribution is 1.94. The van der Waals surface area contributed by atoms with E-state index in [0.717, 1.165) is 12.8 Å². The molecule has 6 heteroatoms. The molecule has 0 atom stereocenters. The van der Waals surface area contributed by atoms with Crippen LogP contribution in [0.25, 0.3) is 0 Å². The number of hydrogen-bond acceptors (Lipinski definition) is 5. The summed E-state index contributed by atoms with van der Waals surface area (Å²) in [4.78, 5) is 24.2. The second-order valence-electron chi connectivity index (χ2n) is 4.55.